The Kier molecular flexibility index (Phi) is 3.13. The lowest BCUT2D eigenvalue weighted by Crippen LogP contribution is -2.40. The predicted octanol–water partition coefficient (Wildman–Crippen LogP) is 3.27. The van der Waals surface area contributed by atoms with Gasteiger partial charge in [-0.05, 0) is 30.5 Å². The second-order valence-electron chi connectivity index (χ2n) is 6.01. The van der Waals surface area contributed by atoms with Crippen molar-refractivity contribution in [1.82, 2.24) is 0 Å². The molecule has 0 amide bonds. The monoisotopic (exact) mass is 298 g/mol. The van der Waals surface area contributed by atoms with Crippen LogP contribution in [0, 0.1) is 12.8 Å². The van der Waals surface area contributed by atoms with Crippen LogP contribution in [0.1, 0.15) is 30.5 Å². The van der Waals surface area contributed by atoms with Gasteiger partial charge >= 0.3 is 5.97 Å². The molecule has 0 bridgehead atoms. The molecule has 1 atom stereocenters. The first-order valence-corrected chi connectivity index (χ1v) is 7.24. The first kappa shape index (κ1) is 14.4. The van der Waals surface area contributed by atoms with Crippen molar-refractivity contribution in [3.63, 3.8) is 0 Å². The molecule has 1 heterocycles. The molecule has 1 aliphatic heterocycles. The number of para-hydroxylation sites is 1. The standard InChI is InChI=1S/C18H18O4/c1-10(2)18(13-6-4-5-7-14(13)20)16-11(3)8-12(19)9-15(16)22-17(18)21/h4-10,19-20H,1-3H3. The lowest BCUT2D eigenvalue weighted by atomic mass is 9.66. The summed E-state index contributed by atoms with van der Waals surface area (Å²) in [6.45, 7) is 5.68. The van der Waals surface area contributed by atoms with Gasteiger partial charge in [-0.25, -0.2) is 0 Å². The molecule has 2 aromatic carbocycles. The number of aryl methyl sites for hydroxylation is 1. The minimum absolute atomic E-state index is 0.0564. The molecule has 0 radical (unpaired) electrons. The van der Waals surface area contributed by atoms with Crippen LogP contribution in [0.25, 0.3) is 0 Å². The molecular formula is C18H18O4. The van der Waals surface area contributed by atoms with Crippen molar-refractivity contribution in [3.8, 4) is 17.2 Å². The fourth-order valence-electron chi connectivity index (χ4n) is 3.49. The third-order valence-corrected chi connectivity index (χ3v) is 4.40. The van der Waals surface area contributed by atoms with Gasteiger partial charge in [0, 0.05) is 17.2 Å². The third kappa shape index (κ3) is 1.73. The van der Waals surface area contributed by atoms with Crippen LogP contribution in [0.15, 0.2) is 36.4 Å². The highest BCUT2D eigenvalue weighted by atomic mass is 16.5. The Balaban J connectivity index is 2.40. The molecule has 1 unspecified atom stereocenters. The topological polar surface area (TPSA) is 66.8 Å². The molecule has 4 nitrogen and oxygen atoms in total. The zero-order valence-electron chi connectivity index (χ0n) is 12.8. The van der Waals surface area contributed by atoms with E-state index in [1.54, 1.807) is 30.3 Å². The number of benzene rings is 2. The summed E-state index contributed by atoms with van der Waals surface area (Å²) in [4.78, 5) is 12.8. The number of hydrogen-bond donors (Lipinski definition) is 2. The molecule has 0 spiro atoms. The number of fused-ring (bicyclic) bond motifs is 1. The maximum absolute atomic E-state index is 12.8. The van der Waals surface area contributed by atoms with E-state index in [4.69, 9.17) is 4.74 Å². The van der Waals surface area contributed by atoms with Crippen LogP contribution in [0.2, 0.25) is 0 Å². The van der Waals surface area contributed by atoms with Gasteiger partial charge in [-0.3, -0.25) is 4.79 Å². The summed E-state index contributed by atoms with van der Waals surface area (Å²) in [7, 11) is 0. The highest BCUT2D eigenvalue weighted by molar-refractivity contribution is 5.96. The van der Waals surface area contributed by atoms with Gasteiger partial charge in [0.2, 0.25) is 0 Å². The minimum atomic E-state index is -1.07. The van der Waals surface area contributed by atoms with Gasteiger partial charge in [0.05, 0.1) is 0 Å². The summed E-state index contributed by atoms with van der Waals surface area (Å²) in [5.41, 5.74) is 0.936. The first-order chi connectivity index (χ1) is 10.4. The number of carbonyl (C=O) groups is 1. The summed E-state index contributed by atoms with van der Waals surface area (Å²) < 4.78 is 5.45. The minimum Gasteiger partial charge on any atom is -0.508 e. The van der Waals surface area contributed by atoms with E-state index in [0.717, 1.165) is 5.56 Å². The van der Waals surface area contributed by atoms with Gasteiger partial charge in [0.1, 0.15) is 22.7 Å². The van der Waals surface area contributed by atoms with E-state index in [2.05, 4.69) is 0 Å². The molecule has 4 heteroatoms. The Morgan fingerprint density at radius 2 is 1.82 bits per heavy atom. The van der Waals surface area contributed by atoms with E-state index >= 15 is 0 Å². The lowest BCUT2D eigenvalue weighted by molar-refractivity contribution is -0.138. The summed E-state index contributed by atoms with van der Waals surface area (Å²) >= 11 is 0. The summed E-state index contributed by atoms with van der Waals surface area (Å²) in [6, 6.07) is 9.89. The fourth-order valence-corrected chi connectivity index (χ4v) is 3.49. The average Bonchev–Trinajstić information content (AvgIpc) is 2.72. The van der Waals surface area contributed by atoms with Crippen LogP contribution >= 0.6 is 0 Å². The predicted molar refractivity (Wildman–Crippen MR) is 82.2 cm³/mol. The molecule has 0 saturated heterocycles. The van der Waals surface area contributed by atoms with E-state index < -0.39 is 11.4 Å². The number of esters is 1. The van der Waals surface area contributed by atoms with Crippen molar-refractivity contribution >= 4 is 5.97 Å². The number of aromatic hydroxyl groups is 2. The van der Waals surface area contributed by atoms with Crippen LogP contribution in [0.4, 0.5) is 0 Å². The molecular weight excluding hydrogens is 280 g/mol. The second-order valence-corrected chi connectivity index (χ2v) is 6.01. The van der Waals surface area contributed by atoms with E-state index in [1.165, 1.54) is 6.07 Å². The molecule has 22 heavy (non-hydrogen) atoms. The van der Waals surface area contributed by atoms with E-state index in [9.17, 15) is 15.0 Å². The van der Waals surface area contributed by atoms with Crippen molar-refractivity contribution in [1.29, 1.82) is 0 Å². The van der Waals surface area contributed by atoms with Gasteiger partial charge in [0.25, 0.3) is 0 Å². The Labute approximate surface area is 129 Å². The number of carbonyl (C=O) groups excluding carboxylic acids is 1. The molecule has 0 fully saturated rings. The number of rotatable bonds is 2. The molecule has 0 aromatic heterocycles. The van der Waals surface area contributed by atoms with Gasteiger partial charge in [-0.2, -0.15) is 0 Å². The van der Waals surface area contributed by atoms with Crippen molar-refractivity contribution in [2.75, 3.05) is 0 Å². The molecule has 3 rings (SSSR count). The van der Waals surface area contributed by atoms with Crippen LogP contribution < -0.4 is 4.74 Å². The van der Waals surface area contributed by atoms with Crippen LogP contribution in [0.3, 0.4) is 0 Å². The van der Waals surface area contributed by atoms with Crippen molar-refractivity contribution < 1.29 is 19.7 Å². The Bertz CT molecular complexity index is 764. The first-order valence-electron chi connectivity index (χ1n) is 7.24. The number of hydrogen-bond acceptors (Lipinski definition) is 4. The maximum atomic E-state index is 12.8. The highest BCUT2D eigenvalue weighted by Gasteiger charge is 2.55. The summed E-state index contributed by atoms with van der Waals surface area (Å²) in [6.07, 6.45) is 0. The van der Waals surface area contributed by atoms with Gasteiger partial charge in [0.15, 0.2) is 0 Å². The molecule has 0 aliphatic carbocycles. The van der Waals surface area contributed by atoms with E-state index in [-0.39, 0.29) is 17.4 Å². The normalized spacial score (nSPS) is 20.1. The van der Waals surface area contributed by atoms with Crippen molar-refractivity contribution in [2.45, 2.75) is 26.2 Å². The van der Waals surface area contributed by atoms with Gasteiger partial charge in [-0.15, -0.1) is 0 Å². The number of phenols is 2. The molecule has 114 valence electrons. The quantitative estimate of drug-likeness (QED) is 0.659. The smallest absolute Gasteiger partial charge is 0.327 e. The van der Waals surface area contributed by atoms with E-state index in [1.807, 2.05) is 20.8 Å². The Morgan fingerprint density at radius 1 is 1.14 bits per heavy atom. The Morgan fingerprint density at radius 3 is 2.45 bits per heavy atom. The SMILES string of the molecule is Cc1cc(O)cc2c1C(c1ccccc1O)(C(C)C)C(=O)O2. The van der Waals surface area contributed by atoms with Crippen LogP contribution in [0.5, 0.6) is 17.2 Å². The molecule has 2 N–H and O–H groups in total. The molecule has 1 aliphatic rings. The van der Waals surface area contributed by atoms with Crippen LogP contribution in [-0.4, -0.2) is 16.2 Å². The zero-order valence-corrected chi connectivity index (χ0v) is 12.8. The largest absolute Gasteiger partial charge is 0.508 e. The van der Waals surface area contributed by atoms with Crippen LogP contribution in [-0.2, 0) is 10.2 Å². The summed E-state index contributed by atoms with van der Waals surface area (Å²) in [5, 5.41) is 20.1. The molecule has 2 aromatic rings. The Hall–Kier alpha value is -2.49. The zero-order chi connectivity index (χ0) is 16.1. The van der Waals surface area contributed by atoms with Crippen molar-refractivity contribution in [2.24, 2.45) is 5.92 Å². The lowest BCUT2D eigenvalue weighted by Gasteiger charge is -2.32. The third-order valence-electron chi connectivity index (χ3n) is 4.40. The van der Waals surface area contributed by atoms with E-state index in [0.29, 0.717) is 16.9 Å². The summed E-state index contributed by atoms with van der Waals surface area (Å²) in [5.74, 6) is -0.0701. The highest BCUT2D eigenvalue weighted by Crippen LogP contribution is 2.53. The van der Waals surface area contributed by atoms with Gasteiger partial charge < -0.3 is 14.9 Å². The fraction of sp³-hybridized carbons (Fsp3) is 0.278. The van der Waals surface area contributed by atoms with Crippen molar-refractivity contribution in [3.05, 3.63) is 53.1 Å². The van der Waals surface area contributed by atoms with Gasteiger partial charge in [-0.1, -0.05) is 32.0 Å². The number of phenolic OH excluding ortho intramolecular Hbond substituents is 2. The molecule has 0 saturated carbocycles. The average molecular weight is 298 g/mol. The maximum Gasteiger partial charge on any atom is 0.327 e. The second kappa shape index (κ2) is 4.77. The number of ether oxygens (including phenoxy) is 1.